The molecule has 1 fully saturated rings. The molecule has 0 unspecified atom stereocenters. The molecule has 58 valence electrons. The molecule has 1 saturated heterocycles. The maximum Gasteiger partial charge on any atom is 0.0164 e. The van der Waals surface area contributed by atoms with E-state index in [1.165, 1.54) is 0 Å². The lowest BCUT2D eigenvalue weighted by Gasteiger charge is -2.11. The summed E-state index contributed by atoms with van der Waals surface area (Å²) < 4.78 is 0. The number of rotatable bonds is 0. The molecule has 0 spiro atoms. The topological polar surface area (TPSA) is 24.1 Å². The highest BCUT2D eigenvalue weighted by atomic mass is 79.9. The Kier molecular flexibility index (Phi) is 6.49. The molecule has 2 nitrogen and oxygen atoms in total. The van der Waals surface area contributed by atoms with Gasteiger partial charge in [-0.1, -0.05) is 13.8 Å². The first-order valence-electron chi connectivity index (χ1n) is 2.66. The van der Waals surface area contributed by atoms with E-state index in [4.69, 9.17) is 0 Å². The third-order valence-corrected chi connectivity index (χ3v) is 1.26. The van der Waals surface area contributed by atoms with Crippen molar-refractivity contribution in [1.82, 2.24) is 10.9 Å². The van der Waals surface area contributed by atoms with Crippen molar-refractivity contribution in [3.63, 3.8) is 0 Å². The van der Waals surface area contributed by atoms with Crippen molar-refractivity contribution in [2.24, 2.45) is 5.41 Å². The van der Waals surface area contributed by atoms with Crippen molar-refractivity contribution in [1.29, 1.82) is 0 Å². The van der Waals surface area contributed by atoms with Crippen LogP contribution in [0.2, 0.25) is 0 Å². The predicted octanol–water partition coefficient (Wildman–Crippen LogP) is 1.28. The molecule has 0 amide bonds. The molecule has 1 aliphatic heterocycles. The number of hydrogen-bond acceptors (Lipinski definition) is 2. The molecule has 0 aromatic rings. The summed E-state index contributed by atoms with van der Waals surface area (Å²) in [6, 6.07) is 0. The van der Waals surface area contributed by atoms with Gasteiger partial charge in [-0.15, -0.1) is 34.0 Å². The van der Waals surface area contributed by atoms with Gasteiger partial charge in [-0.25, -0.2) is 0 Å². The molecule has 0 saturated carbocycles. The van der Waals surface area contributed by atoms with Gasteiger partial charge >= 0.3 is 0 Å². The highest BCUT2D eigenvalue weighted by Gasteiger charge is 2.21. The van der Waals surface area contributed by atoms with Gasteiger partial charge in [-0.2, -0.15) is 0 Å². The quantitative estimate of drug-likeness (QED) is 0.687. The van der Waals surface area contributed by atoms with E-state index in [-0.39, 0.29) is 34.0 Å². The molecule has 2 N–H and O–H groups in total. The number of hydrogen-bond donors (Lipinski definition) is 2. The lowest BCUT2D eigenvalue weighted by Crippen LogP contribution is -2.21. The Balaban J connectivity index is 0. The van der Waals surface area contributed by atoms with Crippen LogP contribution in [0.5, 0.6) is 0 Å². The van der Waals surface area contributed by atoms with E-state index in [0.717, 1.165) is 13.1 Å². The molecule has 0 atom stereocenters. The smallest absolute Gasteiger partial charge is 0.0164 e. The summed E-state index contributed by atoms with van der Waals surface area (Å²) in [5.41, 5.74) is 6.60. The van der Waals surface area contributed by atoms with E-state index in [1.807, 2.05) is 0 Å². The number of halogens is 2. The van der Waals surface area contributed by atoms with Gasteiger partial charge in [0.15, 0.2) is 0 Å². The van der Waals surface area contributed by atoms with Gasteiger partial charge in [0.2, 0.25) is 0 Å². The first-order valence-corrected chi connectivity index (χ1v) is 2.66. The SMILES string of the molecule is Br.Br.CC1(C)CNNC1. The summed E-state index contributed by atoms with van der Waals surface area (Å²) in [5, 5.41) is 0. The van der Waals surface area contributed by atoms with Crippen LogP contribution in [0.1, 0.15) is 13.8 Å². The third kappa shape index (κ3) is 4.31. The van der Waals surface area contributed by atoms with Crippen molar-refractivity contribution in [2.75, 3.05) is 13.1 Å². The van der Waals surface area contributed by atoms with Crippen LogP contribution in [0.3, 0.4) is 0 Å². The summed E-state index contributed by atoms with van der Waals surface area (Å²) in [6.45, 7) is 6.65. The first kappa shape index (κ1) is 12.5. The van der Waals surface area contributed by atoms with Crippen molar-refractivity contribution >= 4 is 34.0 Å². The lowest BCUT2D eigenvalue weighted by atomic mass is 9.96. The summed E-state index contributed by atoms with van der Waals surface area (Å²) in [4.78, 5) is 0. The molecule has 0 aromatic heterocycles. The zero-order valence-corrected chi connectivity index (χ0v) is 9.16. The Bertz CT molecular complexity index is 67.4. The minimum atomic E-state index is 0. The second kappa shape index (κ2) is 4.66. The molecule has 0 aromatic carbocycles. The lowest BCUT2D eigenvalue weighted by molar-refractivity contribution is 0.440. The maximum atomic E-state index is 3.06. The molecule has 4 heteroatoms. The Morgan fingerprint density at radius 1 is 1.00 bits per heavy atom. The van der Waals surface area contributed by atoms with Crippen LogP contribution in [0.4, 0.5) is 0 Å². The highest BCUT2D eigenvalue weighted by molar-refractivity contribution is 8.93. The third-order valence-electron chi connectivity index (χ3n) is 1.26. The second-order valence-electron chi connectivity index (χ2n) is 2.87. The fourth-order valence-corrected chi connectivity index (χ4v) is 0.666. The second-order valence-corrected chi connectivity index (χ2v) is 2.87. The molecule has 1 rings (SSSR count). The van der Waals surface area contributed by atoms with Gasteiger partial charge in [0.25, 0.3) is 0 Å². The summed E-state index contributed by atoms with van der Waals surface area (Å²) in [5.74, 6) is 0. The van der Waals surface area contributed by atoms with E-state index in [1.54, 1.807) is 0 Å². The zero-order chi connectivity index (χ0) is 5.33. The van der Waals surface area contributed by atoms with Crippen molar-refractivity contribution in [2.45, 2.75) is 13.8 Å². The Hall–Kier alpha value is 0.880. The average molecular weight is 262 g/mol. The summed E-state index contributed by atoms with van der Waals surface area (Å²) in [6.07, 6.45) is 0. The Morgan fingerprint density at radius 2 is 1.33 bits per heavy atom. The molecular formula is C5H14Br2N2. The van der Waals surface area contributed by atoms with Crippen LogP contribution < -0.4 is 10.9 Å². The van der Waals surface area contributed by atoms with Crippen LogP contribution in [-0.4, -0.2) is 13.1 Å². The van der Waals surface area contributed by atoms with Crippen LogP contribution in [-0.2, 0) is 0 Å². The monoisotopic (exact) mass is 260 g/mol. The van der Waals surface area contributed by atoms with Gasteiger partial charge in [-0.05, 0) is 5.41 Å². The Morgan fingerprint density at radius 3 is 1.44 bits per heavy atom. The zero-order valence-electron chi connectivity index (χ0n) is 5.73. The average Bonchev–Trinajstić information content (AvgIpc) is 1.84. The summed E-state index contributed by atoms with van der Waals surface area (Å²) >= 11 is 0. The minimum absolute atomic E-state index is 0. The molecule has 0 radical (unpaired) electrons. The number of nitrogens with one attached hydrogen (secondary N) is 2. The standard InChI is InChI=1S/C5H12N2.2BrH/c1-5(2)3-6-7-4-5;;/h6-7H,3-4H2,1-2H3;2*1H. The molecule has 0 bridgehead atoms. The van der Waals surface area contributed by atoms with E-state index >= 15 is 0 Å². The minimum Gasteiger partial charge on any atom is -0.257 e. The van der Waals surface area contributed by atoms with Crippen LogP contribution in [0.15, 0.2) is 0 Å². The fraction of sp³-hybridized carbons (Fsp3) is 1.00. The van der Waals surface area contributed by atoms with Gasteiger partial charge in [-0.3, -0.25) is 10.9 Å². The van der Waals surface area contributed by atoms with Crippen LogP contribution in [0.25, 0.3) is 0 Å². The normalized spacial score (nSPS) is 22.0. The van der Waals surface area contributed by atoms with Gasteiger partial charge < -0.3 is 0 Å². The molecule has 1 heterocycles. The fourth-order valence-electron chi connectivity index (χ4n) is 0.666. The molecule has 1 aliphatic rings. The Labute approximate surface area is 77.3 Å². The van der Waals surface area contributed by atoms with E-state index in [9.17, 15) is 0 Å². The van der Waals surface area contributed by atoms with Crippen LogP contribution >= 0.6 is 34.0 Å². The van der Waals surface area contributed by atoms with Crippen LogP contribution in [0, 0.1) is 5.41 Å². The molecule has 9 heavy (non-hydrogen) atoms. The largest absolute Gasteiger partial charge is 0.257 e. The van der Waals surface area contributed by atoms with Crippen molar-refractivity contribution < 1.29 is 0 Å². The molecule has 0 aliphatic carbocycles. The van der Waals surface area contributed by atoms with Crippen molar-refractivity contribution in [3.8, 4) is 0 Å². The maximum absolute atomic E-state index is 3.06. The predicted molar refractivity (Wildman–Crippen MR) is 50.4 cm³/mol. The van der Waals surface area contributed by atoms with Gasteiger partial charge in [0.05, 0.1) is 0 Å². The number of hydrazine groups is 1. The highest BCUT2D eigenvalue weighted by Crippen LogP contribution is 2.13. The van der Waals surface area contributed by atoms with Gasteiger partial charge in [0.1, 0.15) is 0 Å². The summed E-state index contributed by atoms with van der Waals surface area (Å²) in [7, 11) is 0. The van der Waals surface area contributed by atoms with E-state index < -0.39 is 0 Å². The van der Waals surface area contributed by atoms with E-state index in [2.05, 4.69) is 24.7 Å². The van der Waals surface area contributed by atoms with Gasteiger partial charge in [0, 0.05) is 13.1 Å². The first-order chi connectivity index (χ1) is 3.21. The van der Waals surface area contributed by atoms with Crippen molar-refractivity contribution in [3.05, 3.63) is 0 Å². The van der Waals surface area contributed by atoms with E-state index in [0.29, 0.717) is 5.41 Å². The molecular weight excluding hydrogens is 248 g/mol.